The van der Waals surface area contributed by atoms with Gasteiger partial charge in [-0.1, -0.05) is 54.1 Å². The molecule has 4 rings (SSSR count). The number of hydrogen-bond donors (Lipinski definition) is 1. The SMILES string of the molecule is Cc1nccn1CCCNC(=O)c1cn(Cc2ccccc2)nc1-c1ccc(Cl)cc1. The quantitative estimate of drug-likeness (QED) is 0.414. The van der Waals surface area contributed by atoms with Crippen LogP contribution in [0.25, 0.3) is 11.3 Å². The van der Waals surface area contributed by atoms with Crippen LogP contribution in [0.3, 0.4) is 0 Å². The Kier molecular flexibility index (Phi) is 6.48. The molecule has 0 radical (unpaired) electrons. The highest BCUT2D eigenvalue weighted by Gasteiger charge is 2.18. The molecule has 0 aliphatic carbocycles. The Morgan fingerprint density at radius 2 is 1.87 bits per heavy atom. The van der Waals surface area contributed by atoms with Gasteiger partial charge in [0.05, 0.1) is 12.1 Å². The molecule has 0 saturated carbocycles. The number of amides is 1. The van der Waals surface area contributed by atoms with E-state index in [1.807, 2.05) is 78.6 Å². The Morgan fingerprint density at radius 3 is 2.58 bits per heavy atom. The van der Waals surface area contributed by atoms with Crippen LogP contribution in [-0.2, 0) is 13.1 Å². The molecule has 2 heterocycles. The Bertz CT molecular complexity index is 1150. The number of aromatic nitrogens is 4. The first-order valence-electron chi connectivity index (χ1n) is 10.2. The maximum Gasteiger partial charge on any atom is 0.255 e. The van der Waals surface area contributed by atoms with Gasteiger partial charge in [0.15, 0.2) is 0 Å². The number of halogens is 1. The molecule has 2 aromatic heterocycles. The molecule has 0 aliphatic heterocycles. The lowest BCUT2D eigenvalue weighted by atomic mass is 10.1. The normalized spacial score (nSPS) is 10.9. The number of aryl methyl sites for hydroxylation is 2. The molecule has 0 unspecified atom stereocenters. The lowest BCUT2D eigenvalue weighted by Crippen LogP contribution is -2.25. The van der Waals surface area contributed by atoms with Crippen molar-refractivity contribution < 1.29 is 4.79 Å². The van der Waals surface area contributed by atoms with Crippen molar-refractivity contribution in [3.8, 4) is 11.3 Å². The van der Waals surface area contributed by atoms with E-state index < -0.39 is 0 Å². The number of carbonyl (C=O) groups excluding carboxylic acids is 1. The van der Waals surface area contributed by atoms with Gasteiger partial charge in [0.2, 0.25) is 0 Å². The molecule has 0 atom stereocenters. The van der Waals surface area contributed by atoms with Crippen LogP contribution >= 0.6 is 11.6 Å². The minimum Gasteiger partial charge on any atom is -0.352 e. The highest BCUT2D eigenvalue weighted by Crippen LogP contribution is 2.24. The molecule has 2 aromatic carbocycles. The first-order valence-corrected chi connectivity index (χ1v) is 10.6. The van der Waals surface area contributed by atoms with Crippen molar-refractivity contribution in [2.45, 2.75) is 26.4 Å². The van der Waals surface area contributed by atoms with E-state index in [-0.39, 0.29) is 5.91 Å². The lowest BCUT2D eigenvalue weighted by Gasteiger charge is -2.07. The van der Waals surface area contributed by atoms with Crippen molar-refractivity contribution in [2.75, 3.05) is 6.54 Å². The van der Waals surface area contributed by atoms with Crippen LogP contribution in [0.15, 0.2) is 73.2 Å². The predicted molar refractivity (Wildman–Crippen MR) is 122 cm³/mol. The summed E-state index contributed by atoms with van der Waals surface area (Å²) in [4.78, 5) is 17.2. The van der Waals surface area contributed by atoms with Crippen LogP contribution in [0, 0.1) is 6.92 Å². The summed E-state index contributed by atoms with van der Waals surface area (Å²) in [5.41, 5.74) is 3.18. The lowest BCUT2D eigenvalue weighted by molar-refractivity contribution is 0.0953. The minimum absolute atomic E-state index is 0.133. The number of nitrogens with zero attached hydrogens (tertiary/aromatic N) is 4. The molecule has 158 valence electrons. The van der Waals surface area contributed by atoms with Crippen molar-refractivity contribution >= 4 is 17.5 Å². The smallest absolute Gasteiger partial charge is 0.255 e. The summed E-state index contributed by atoms with van der Waals surface area (Å²) in [6.07, 6.45) is 6.36. The van der Waals surface area contributed by atoms with E-state index >= 15 is 0 Å². The van der Waals surface area contributed by atoms with E-state index in [0.29, 0.717) is 29.4 Å². The zero-order valence-corrected chi connectivity index (χ0v) is 18.1. The highest BCUT2D eigenvalue weighted by atomic mass is 35.5. The van der Waals surface area contributed by atoms with E-state index in [4.69, 9.17) is 16.7 Å². The van der Waals surface area contributed by atoms with Crippen LogP contribution in [0.4, 0.5) is 0 Å². The molecule has 0 spiro atoms. The molecule has 0 aliphatic rings. The van der Waals surface area contributed by atoms with E-state index in [1.165, 1.54) is 0 Å². The Morgan fingerprint density at radius 1 is 1.10 bits per heavy atom. The van der Waals surface area contributed by atoms with Gasteiger partial charge in [-0.15, -0.1) is 0 Å². The van der Waals surface area contributed by atoms with Gasteiger partial charge in [0.1, 0.15) is 11.5 Å². The Balaban J connectivity index is 1.50. The molecular formula is C24H24ClN5O. The van der Waals surface area contributed by atoms with Crippen LogP contribution in [0.1, 0.15) is 28.2 Å². The van der Waals surface area contributed by atoms with Gasteiger partial charge in [-0.25, -0.2) is 4.98 Å². The summed E-state index contributed by atoms with van der Waals surface area (Å²) in [6, 6.07) is 17.4. The fourth-order valence-corrected chi connectivity index (χ4v) is 3.57. The van der Waals surface area contributed by atoms with Crippen molar-refractivity contribution in [3.05, 3.63) is 95.2 Å². The van der Waals surface area contributed by atoms with Gasteiger partial charge in [-0.05, 0) is 31.0 Å². The fraction of sp³-hybridized carbons (Fsp3) is 0.208. The second-order valence-corrected chi connectivity index (χ2v) is 7.80. The topological polar surface area (TPSA) is 64.7 Å². The van der Waals surface area contributed by atoms with Gasteiger partial charge in [0, 0.05) is 42.3 Å². The third-order valence-corrected chi connectivity index (χ3v) is 5.35. The molecule has 31 heavy (non-hydrogen) atoms. The Hall–Kier alpha value is -3.38. The average molecular weight is 434 g/mol. The van der Waals surface area contributed by atoms with E-state index in [0.717, 1.165) is 29.9 Å². The van der Waals surface area contributed by atoms with Crippen molar-refractivity contribution in [2.24, 2.45) is 0 Å². The zero-order valence-electron chi connectivity index (χ0n) is 17.3. The Labute approximate surface area is 186 Å². The number of benzene rings is 2. The molecule has 0 bridgehead atoms. The molecular weight excluding hydrogens is 410 g/mol. The predicted octanol–water partition coefficient (Wildman–Crippen LogP) is 4.58. The van der Waals surface area contributed by atoms with Crippen molar-refractivity contribution in [1.29, 1.82) is 0 Å². The molecule has 0 fully saturated rings. The van der Waals surface area contributed by atoms with Crippen LogP contribution in [-0.4, -0.2) is 31.8 Å². The number of imidazole rings is 1. The third-order valence-electron chi connectivity index (χ3n) is 5.10. The van der Waals surface area contributed by atoms with Crippen LogP contribution < -0.4 is 5.32 Å². The minimum atomic E-state index is -0.133. The summed E-state index contributed by atoms with van der Waals surface area (Å²) < 4.78 is 3.88. The average Bonchev–Trinajstić information content (AvgIpc) is 3.38. The van der Waals surface area contributed by atoms with Gasteiger partial charge >= 0.3 is 0 Å². The second-order valence-electron chi connectivity index (χ2n) is 7.36. The molecule has 7 heteroatoms. The summed E-state index contributed by atoms with van der Waals surface area (Å²) in [6.45, 7) is 3.94. The monoisotopic (exact) mass is 433 g/mol. The van der Waals surface area contributed by atoms with Crippen LogP contribution in [0.5, 0.6) is 0 Å². The number of rotatable bonds is 8. The molecule has 0 saturated heterocycles. The molecule has 1 amide bonds. The van der Waals surface area contributed by atoms with Gasteiger partial charge in [-0.2, -0.15) is 5.10 Å². The van der Waals surface area contributed by atoms with Gasteiger partial charge in [0.25, 0.3) is 5.91 Å². The highest BCUT2D eigenvalue weighted by molar-refractivity contribution is 6.30. The van der Waals surface area contributed by atoms with Crippen molar-refractivity contribution in [1.82, 2.24) is 24.6 Å². The maximum absolute atomic E-state index is 13.0. The van der Waals surface area contributed by atoms with E-state index in [1.54, 1.807) is 6.20 Å². The molecule has 1 N–H and O–H groups in total. The standard InChI is InChI=1S/C24H24ClN5O/c1-18-26-13-15-29(18)14-5-12-27-24(31)22-17-30(16-19-6-3-2-4-7-19)28-23(22)20-8-10-21(25)11-9-20/h2-4,6-11,13,15,17H,5,12,14,16H2,1H3,(H,27,31). The third kappa shape index (κ3) is 5.22. The van der Waals surface area contributed by atoms with Crippen molar-refractivity contribution in [3.63, 3.8) is 0 Å². The molecule has 6 nitrogen and oxygen atoms in total. The van der Waals surface area contributed by atoms with Gasteiger partial charge in [-0.3, -0.25) is 9.48 Å². The van der Waals surface area contributed by atoms with E-state index in [9.17, 15) is 4.79 Å². The number of nitrogens with one attached hydrogen (secondary N) is 1. The first-order chi connectivity index (χ1) is 15.1. The fourth-order valence-electron chi connectivity index (χ4n) is 3.45. The number of carbonyl (C=O) groups is 1. The summed E-state index contributed by atoms with van der Waals surface area (Å²) in [7, 11) is 0. The van der Waals surface area contributed by atoms with Gasteiger partial charge < -0.3 is 9.88 Å². The second kappa shape index (κ2) is 9.62. The first kappa shape index (κ1) is 20.9. The summed E-state index contributed by atoms with van der Waals surface area (Å²) in [5, 5.41) is 8.38. The maximum atomic E-state index is 13.0. The van der Waals surface area contributed by atoms with E-state index in [2.05, 4.69) is 14.9 Å². The molecule has 4 aromatic rings. The summed E-state index contributed by atoms with van der Waals surface area (Å²) in [5.74, 6) is 0.838. The summed E-state index contributed by atoms with van der Waals surface area (Å²) >= 11 is 6.04. The van der Waals surface area contributed by atoms with Crippen LogP contribution in [0.2, 0.25) is 5.02 Å². The number of hydrogen-bond acceptors (Lipinski definition) is 3. The zero-order chi connectivity index (χ0) is 21.6. The largest absolute Gasteiger partial charge is 0.352 e.